The number of hydrogen-bond donors (Lipinski definition) is 1. The summed E-state index contributed by atoms with van der Waals surface area (Å²) in [6, 6.07) is 13.4. The molecular weight excluding hydrogens is 412 g/mol. The molecule has 1 aliphatic rings. The lowest BCUT2D eigenvalue weighted by Gasteiger charge is -2.34. The Morgan fingerprint density at radius 3 is 2.50 bits per heavy atom. The van der Waals surface area contributed by atoms with E-state index in [9.17, 15) is 8.42 Å². The van der Waals surface area contributed by atoms with Gasteiger partial charge in [0.2, 0.25) is 10.0 Å². The maximum Gasteiger partial charge on any atom is 0.250 e. The standard InChI is InChI=1S/C16H19BrN2O3S2/c17-15-6-7-16(23-15)24(20,21)18-12-14(13-4-2-1-3-5-13)19-8-10-22-11-9-19/h1-7,14,18H,8-12H2. The number of ether oxygens (including phenoxy) is 1. The molecule has 0 amide bonds. The monoisotopic (exact) mass is 430 g/mol. The quantitative estimate of drug-likeness (QED) is 0.765. The Bertz CT molecular complexity index is 759. The maximum atomic E-state index is 12.5. The molecule has 2 aromatic rings. The molecule has 0 bridgehead atoms. The summed E-state index contributed by atoms with van der Waals surface area (Å²) in [5, 5.41) is 0. The first-order valence-corrected chi connectivity index (χ1v) is 10.8. The molecule has 5 nitrogen and oxygen atoms in total. The number of rotatable bonds is 6. The molecule has 1 saturated heterocycles. The highest BCUT2D eigenvalue weighted by molar-refractivity contribution is 9.11. The van der Waals surface area contributed by atoms with Gasteiger partial charge in [-0.05, 0) is 33.6 Å². The van der Waals surface area contributed by atoms with Crippen molar-refractivity contribution in [3.8, 4) is 0 Å². The molecule has 1 aliphatic heterocycles. The molecule has 0 spiro atoms. The highest BCUT2D eigenvalue weighted by Crippen LogP contribution is 2.27. The predicted octanol–water partition coefficient (Wildman–Crippen LogP) is 2.86. The number of benzene rings is 1. The van der Waals surface area contributed by atoms with Crippen molar-refractivity contribution in [2.45, 2.75) is 10.3 Å². The SMILES string of the molecule is O=S(=O)(NCC(c1ccccc1)N1CCOCC1)c1ccc(Br)s1. The van der Waals surface area contributed by atoms with E-state index in [1.54, 1.807) is 12.1 Å². The van der Waals surface area contributed by atoms with Crippen molar-refractivity contribution in [1.82, 2.24) is 9.62 Å². The van der Waals surface area contributed by atoms with Crippen LogP contribution in [0.15, 0.2) is 50.5 Å². The molecule has 1 aromatic carbocycles. The van der Waals surface area contributed by atoms with Gasteiger partial charge in [0.1, 0.15) is 4.21 Å². The van der Waals surface area contributed by atoms with E-state index in [1.807, 2.05) is 30.3 Å². The van der Waals surface area contributed by atoms with Crippen molar-refractivity contribution in [3.05, 3.63) is 51.8 Å². The lowest BCUT2D eigenvalue weighted by atomic mass is 10.1. The summed E-state index contributed by atoms with van der Waals surface area (Å²) in [5.41, 5.74) is 1.11. The second-order valence-electron chi connectivity index (χ2n) is 5.49. The van der Waals surface area contributed by atoms with Gasteiger partial charge in [-0.15, -0.1) is 11.3 Å². The minimum absolute atomic E-state index is 0.00622. The zero-order valence-corrected chi connectivity index (χ0v) is 16.2. The highest BCUT2D eigenvalue weighted by Gasteiger charge is 2.25. The average molecular weight is 431 g/mol. The van der Waals surface area contributed by atoms with Crippen LogP contribution in [0.1, 0.15) is 11.6 Å². The van der Waals surface area contributed by atoms with Gasteiger partial charge in [0, 0.05) is 25.7 Å². The van der Waals surface area contributed by atoms with E-state index in [4.69, 9.17) is 4.74 Å². The number of halogens is 1. The van der Waals surface area contributed by atoms with E-state index in [0.717, 1.165) is 22.4 Å². The molecule has 0 saturated carbocycles. The molecule has 1 N–H and O–H groups in total. The fourth-order valence-corrected chi connectivity index (χ4v) is 5.82. The van der Waals surface area contributed by atoms with E-state index in [0.29, 0.717) is 24.0 Å². The molecule has 130 valence electrons. The minimum atomic E-state index is -3.50. The molecule has 1 aromatic heterocycles. The van der Waals surface area contributed by atoms with Crippen LogP contribution in [0.4, 0.5) is 0 Å². The van der Waals surface area contributed by atoms with Gasteiger partial charge in [-0.1, -0.05) is 30.3 Å². The Labute approximate surface area is 154 Å². The van der Waals surface area contributed by atoms with Crippen LogP contribution in [0, 0.1) is 0 Å². The maximum absolute atomic E-state index is 12.5. The van der Waals surface area contributed by atoms with E-state index in [2.05, 4.69) is 25.6 Å². The molecule has 3 rings (SSSR count). The average Bonchev–Trinajstić information content (AvgIpc) is 3.04. The number of morpholine rings is 1. The van der Waals surface area contributed by atoms with Crippen LogP contribution in [-0.4, -0.2) is 46.2 Å². The molecule has 8 heteroatoms. The van der Waals surface area contributed by atoms with Crippen molar-refractivity contribution < 1.29 is 13.2 Å². The summed E-state index contributed by atoms with van der Waals surface area (Å²) in [4.78, 5) is 2.27. The lowest BCUT2D eigenvalue weighted by Crippen LogP contribution is -2.43. The summed E-state index contributed by atoms with van der Waals surface area (Å²) in [5.74, 6) is 0. The predicted molar refractivity (Wildman–Crippen MR) is 98.8 cm³/mol. The van der Waals surface area contributed by atoms with Gasteiger partial charge in [-0.2, -0.15) is 0 Å². The second kappa shape index (κ2) is 8.07. The molecule has 1 fully saturated rings. The molecule has 0 aliphatic carbocycles. The fourth-order valence-electron chi connectivity index (χ4n) is 2.72. The van der Waals surface area contributed by atoms with Gasteiger partial charge in [0.05, 0.1) is 17.0 Å². The van der Waals surface area contributed by atoms with Crippen LogP contribution in [0.25, 0.3) is 0 Å². The van der Waals surface area contributed by atoms with Crippen LogP contribution < -0.4 is 4.72 Å². The topological polar surface area (TPSA) is 58.6 Å². The van der Waals surface area contributed by atoms with E-state index < -0.39 is 10.0 Å². The number of sulfonamides is 1. The van der Waals surface area contributed by atoms with Crippen LogP contribution in [0.5, 0.6) is 0 Å². The third kappa shape index (κ3) is 4.44. The van der Waals surface area contributed by atoms with Crippen LogP contribution in [0.2, 0.25) is 0 Å². The highest BCUT2D eigenvalue weighted by atomic mass is 79.9. The number of nitrogens with zero attached hydrogens (tertiary/aromatic N) is 1. The third-order valence-electron chi connectivity index (χ3n) is 3.95. The molecule has 1 unspecified atom stereocenters. The summed E-state index contributed by atoms with van der Waals surface area (Å²) >= 11 is 4.52. The summed E-state index contributed by atoms with van der Waals surface area (Å²) in [7, 11) is -3.50. The Balaban J connectivity index is 1.76. The number of hydrogen-bond acceptors (Lipinski definition) is 5. The van der Waals surface area contributed by atoms with E-state index in [1.165, 1.54) is 11.3 Å². The fraction of sp³-hybridized carbons (Fsp3) is 0.375. The lowest BCUT2D eigenvalue weighted by molar-refractivity contribution is 0.0172. The summed E-state index contributed by atoms with van der Waals surface area (Å²) in [6.07, 6.45) is 0. The van der Waals surface area contributed by atoms with Crippen molar-refractivity contribution >= 4 is 37.3 Å². The Morgan fingerprint density at radius 1 is 1.17 bits per heavy atom. The number of nitrogens with one attached hydrogen (secondary N) is 1. The van der Waals surface area contributed by atoms with Crippen molar-refractivity contribution in [2.75, 3.05) is 32.8 Å². The second-order valence-corrected chi connectivity index (χ2v) is 9.94. The molecule has 2 heterocycles. The molecule has 24 heavy (non-hydrogen) atoms. The van der Waals surface area contributed by atoms with Gasteiger partial charge >= 0.3 is 0 Å². The Morgan fingerprint density at radius 2 is 1.88 bits per heavy atom. The van der Waals surface area contributed by atoms with Crippen molar-refractivity contribution in [3.63, 3.8) is 0 Å². The first kappa shape index (κ1) is 18.0. The first-order chi connectivity index (χ1) is 11.6. The molecular formula is C16H19BrN2O3S2. The minimum Gasteiger partial charge on any atom is -0.379 e. The molecule has 0 radical (unpaired) electrons. The Hall–Kier alpha value is -0.770. The molecule has 1 atom stereocenters. The third-order valence-corrected chi connectivity index (χ3v) is 7.49. The number of thiophene rings is 1. The first-order valence-electron chi connectivity index (χ1n) is 7.68. The van der Waals surface area contributed by atoms with E-state index in [-0.39, 0.29) is 6.04 Å². The summed E-state index contributed by atoms with van der Waals surface area (Å²) < 4.78 is 34.3. The summed E-state index contributed by atoms with van der Waals surface area (Å²) in [6.45, 7) is 3.28. The van der Waals surface area contributed by atoms with Crippen molar-refractivity contribution in [2.24, 2.45) is 0 Å². The van der Waals surface area contributed by atoms with Gasteiger partial charge in [0.25, 0.3) is 0 Å². The zero-order valence-electron chi connectivity index (χ0n) is 13.0. The zero-order chi connectivity index (χ0) is 17.0. The van der Waals surface area contributed by atoms with Crippen LogP contribution in [0.3, 0.4) is 0 Å². The van der Waals surface area contributed by atoms with Gasteiger partial charge < -0.3 is 4.74 Å². The van der Waals surface area contributed by atoms with Gasteiger partial charge in [-0.3, -0.25) is 4.90 Å². The van der Waals surface area contributed by atoms with Gasteiger partial charge in [-0.25, -0.2) is 13.1 Å². The van der Waals surface area contributed by atoms with Crippen LogP contribution in [-0.2, 0) is 14.8 Å². The Kier molecular flexibility index (Phi) is 6.07. The van der Waals surface area contributed by atoms with Crippen LogP contribution >= 0.6 is 27.3 Å². The van der Waals surface area contributed by atoms with Crippen molar-refractivity contribution in [1.29, 1.82) is 0 Å². The van der Waals surface area contributed by atoms with E-state index >= 15 is 0 Å². The smallest absolute Gasteiger partial charge is 0.250 e. The van der Waals surface area contributed by atoms with Gasteiger partial charge in [0.15, 0.2) is 0 Å². The normalized spacial score (nSPS) is 17.7. The largest absolute Gasteiger partial charge is 0.379 e.